The molecule has 0 amide bonds. The van der Waals surface area contributed by atoms with Gasteiger partial charge < -0.3 is 14.8 Å². The first-order valence-electron chi connectivity index (χ1n) is 7.24. The second-order valence-corrected chi connectivity index (χ2v) is 6.00. The number of rotatable bonds is 4. The lowest BCUT2D eigenvalue weighted by Gasteiger charge is -2.20. The predicted molar refractivity (Wildman–Crippen MR) is 96.2 cm³/mol. The Kier molecular flexibility index (Phi) is 4.70. The van der Waals surface area contributed by atoms with Gasteiger partial charge in [0.1, 0.15) is 10.7 Å². The molecular formula is C18H13Cl2NO4. The van der Waals surface area contributed by atoms with Crippen molar-refractivity contribution in [1.82, 2.24) is 0 Å². The molecule has 0 bridgehead atoms. The molecule has 0 fully saturated rings. The van der Waals surface area contributed by atoms with Crippen molar-refractivity contribution in [3.63, 3.8) is 0 Å². The topological polar surface area (TPSA) is 64.6 Å². The smallest absolute Gasteiger partial charge is 0.211 e. The summed E-state index contributed by atoms with van der Waals surface area (Å²) >= 11 is 12.3. The Labute approximate surface area is 154 Å². The third-order valence-electron chi connectivity index (χ3n) is 3.77. The summed E-state index contributed by atoms with van der Waals surface area (Å²) in [5, 5.41) is 2.99. The van der Waals surface area contributed by atoms with E-state index in [0.717, 1.165) is 0 Å². The van der Waals surface area contributed by atoms with Crippen molar-refractivity contribution in [3.05, 3.63) is 63.3 Å². The molecule has 5 nitrogen and oxygen atoms in total. The van der Waals surface area contributed by atoms with Gasteiger partial charge in [-0.25, -0.2) is 0 Å². The van der Waals surface area contributed by atoms with E-state index in [2.05, 4.69) is 5.32 Å². The van der Waals surface area contributed by atoms with Crippen molar-refractivity contribution in [3.8, 4) is 11.5 Å². The van der Waals surface area contributed by atoms with Crippen LogP contribution >= 0.6 is 23.2 Å². The minimum atomic E-state index is -0.411. The number of ketones is 2. The fourth-order valence-electron chi connectivity index (χ4n) is 2.59. The number of nitrogens with one attached hydrogen (secondary N) is 1. The second-order valence-electron chi connectivity index (χ2n) is 5.21. The zero-order valence-electron chi connectivity index (χ0n) is 13.4. The lowest BCUT2D eigenvalue weighted by molar-refractivity contribution is 0.0982. The van der Waals surface area contributed by atoms with Gasteiger partial charge in [0.25, 0.3) is 0 Å². The fourth-order valence-corrected chi connectivity index (χ4v) is 3.11. The lowest BCUT2D eigenvalue weighted by Crippen LogP contribution is -2.24. The number of hydrogen-bond donors (Lipinski definition) is 1. The van der Waals surface area contributed by atoms with Crippen LogP contribution in [0.2, 0.25) is 5.02 Å². The highest BCUT2D eigenvalue weighted by atomic mass is 35.5. The molecule has 7 heteroatoms. The molecule has 1 aliphatic rings. The molecule has 0 aliphatic heterocycles. The molecule has 0 saturated heterocycles. The zero-order valence-corrected chi connectivity index (χ0v) is 14.9. The van der Waals surface area contributed by atoms with Crippen LogP contribution in [-0.4, -0.2) is 25.8 Å². The Morgan fingerprint density at radius 3 is 2.16 bits per heavy atom. The molecule has 2 aromatic carbocycles. The second kappa shape index (κ2) is 6.78. The Hall–Kier alpha value is -2.50. The number of carbonyl (C=O) groups is 2. The first kappa shape index (κ1) is 17.3. The van der Waals surface area contributed by atoms with Crippen molar-refractivity contribution in [1.29, 1.82) is 0 Å². The lowest BCUT2D eigenvalue weighted by atomic mass is 9.92. The van der Waals surface area contributed by atoms with Crippen molar-refractivity contribution < 1.29 is 19.1 Å². The number of fused-ring (bicyclic) bond motifs is 1. The summed E-state index contributed by atoms with van der Waals surface area (Å²) in [6.07, 6.45) is 0. The van der Waals surface area contributed by atoms with E-state index >= 15 is 0 Å². The van der Waals surface area contributed by atoms with E-state index in [4.69, 9.17) is 32.7 Å². The molecular weight excluding hydrogens is 365 g/mol. The molecule has 0 unspecified atom stereocenters. The molecule has 3 rings (SSSR count). The maximum absolute atomic E-state index is 12.7. The Morgan fingerprint density at radius 2 is 1.56 bits per heavy atom. The summed E-state index contributed by atoms with van der Waals surface area (Å²) in [5.74, 6) is -0.0348. The molecule has 25 heavy (non-hydrogen) atoms. The highest BCUT2D eigenvalue weighted by Gasteiger charge is 2.31. The fraction of sp³-hybridized carbons (Fsp3) is 0.111. The number of allylic oxidation sites excluding steroid dienone is 2. The Balaban J connectivity index is 2.04. The van der Waals surface area contributed by atoms with Gasteiger partial charge in [0, 0.05) is 22.9 Å². The number of benzene rings is 2. The van der Waals surface area contributed by atoms with Crippen molar-refractivity contribution in [2.24, 2.45) is 0 Å². The van der Waals surface area contributed by atoms with Crippen LogP contribution in [0.3, 0.4) is 0 Å². The van der Waals surface area contributed by atoms with Crippen molar-refractivity contribution in [2.75, 3.05) is 19.5 Å². The summed E-state index contributed by atoms with van der Waals surface area (Å²) in [7, 11) is 2.94. The molecule has 0 atom stereocenters. The van der Waals surface area contributed by atoms with Crippen LogP contribution in [0.25, 0.3) is 0 Å². The van der Waals surface area contributed by atoms with E-state index in [1.54, 1.807) is 36.4 Å². The first-order chi connectivity index (χ1) is 12.0. The van der Waals surface area contributed by atoms with E-state index in [1.807, 2.05) is 0 Å². The molecule has 0 aromatic heterocycles. The van der Waals surface area contributed by atoms with Crippen LogP contribution in [0.4, 0.5) is 5.69 Å². The molecule has 2 aromatic rings. The highest BCUT2D eigenvalue weighted by Crippen LogP contribution is 2.39. The highest BCUT2D eigenvalue weighted by molar-refractivity contribution is 6.50. The van der Waals surface area contributed by atoms with Gasteiger partial charge >= 0.3 is 0 Å². The van der Waals surface area contributed by atoms with Gasteiger partial charge in [-0.2, -0.15) is 0 Å². The van der Waals surface area contributed by atoms with Gasteiger partial charge in [0.05, 0.1) is 19.2 Å². The minimum absolute atomic E-state index is 0.00588. The SMILES string of the molecule is COc1cc(NC2=C(Cl)C(=O)c3ccccc3C2=O)cc(Cl)c1OC. The average molecular weight is 378 g/mol. The van der Waals surface area contributed by atoms with Crippen molar-refractivity contribution >= 4 is 40.5 Å². The maximum Gasteiger partial charge on any atom is 0.211 e. The summed E-state index contributed by atoms with van der Waals surface area (Å²) in [6, 6.07) is 9.68. The number of halogens is 2. The number of carbonyl (C=O) groups excluding carboxylic acids is 2. The molecule has 1 aliphatic carbocycles. The third-order valence-corrected chi connectivity index (χ3v) is 4.41. The van der Waals surface area contributed by atoms with Gasteiger partial charge in [-0.3, -0.25) is 9.59 Å². The summed E-state index contributed by atoms with van der Waals surface area (Å²) < 4.78 is 10.4. The molecule has 0 spiro atoms. The van der Waals surface area contributed by atoms with Crippen LogP contribution in [0.5, 0.6) is 11.5 Å². The largest absolute Gasteiger partial charge is 0.493 e. The van der Waals surface area contributed by atoms with E-state index < -0.39 is 5.78 Å². The van der Waals surface area contributed by atoms with Crippen LogP contribution in [-0.2, 0) is 0 Å². The molecule has 128 valence electrons. The van der Waals surface area contributed by atoms with Gasteiger partial charge in [0.15, 0.2) is 11.5 Å². The third kappa shape index (κ3) is 2.97. The van der Waals surface area contributed by atoms with Crippen molar-refractivity contribution in [2.45, 2.75) is 0 Å². The van der Waals surface area contributed by atoms with Crippen LogP contribution < -0.4 is 14.8 Å². The standard InChI is InChI=1S/C18H13Cl2NO4/c1-24-13-8-9(7-12(19)18(13)25-2)21-15-14(20)16(22)10-5-3-4-6-11(10)17(15)23/h3-8,21H,1-2H3. The van der Waals surface area contributed by atoms with Gasteiger partial charge in [0.2, 0.25) is 11.6 Å². The Bertz CT molecular complexity index is 921. The van der Waals surface area contributed by atoms with E-state index in [9.17, 15) is 9.59 Å². The van der Waals surface area contributed by atoms with E-state index in [1.165, 1.54) is 14.2 Å². The average Bonchev–Trinajstić information content (AvgIpc) is 2.62. The van der Waals surface area contributed by atoms with Gasteiger partial charge in [-0.05, 0) is 6.07 Å². The minimum Gasteiger partial charge on any atom is -0.493 e. The monoisotopic (exact) mass is 377 g/mol. The van der Waals surface area contributed by atoms with Crippen LogP contribution in [0.15, 0.2) is 47.1 Å². The number of ether oxygens (including phenoxy) is 2. The quantitative estimate of drug-likeness (QED) is 0.860. The number of hydrogen-bond acceptors (Lipinski definition) is 5. The number of methoxy groups -OCH3 is 2. The normalized spacial score (nSPS) is 13.6. The molecule has 0 heterocycles. The summed E-state index contributed by atoms with van der Waals surface area (Å²) in [4.78, 5) is 25.1. The molecule has 0 radical (unpaired) electrons. The number of anilines is 1. The van der Waals surface area contributed by atoms with Gasteiger partial charge in [-0.15, -0.1) is 0 Å². The van der Waals surface area contributed by atoms with Crippen LogP contribution in [0.1, 0.15) is 20.7 Å². The Morgan fingerprint density at radius 1 is 0.920 bits per heavy atom. The maximum atomic E-state index is 12.7. The number of Topliss-reactive ketones (excluding diaryl/α,β-unsaturated/α-hetero) is 2. The molecule has 1 N–H and O–H groups in total. The summed E-state index contributed by atoms with van der Waals surface area (Å²) in [6.45, 7) is 0. The van der Waals surface area contributed by atoms with Gasteiger partial charge in [-0.1, -0.05) is 47.5 Å². The van der Waals surface area contributed by atoms with Crippen LogP contribution in [0, 0.1) is 0 Å². The zero-order chi connectivity index (χ0) is 18.1. The van der Waals surface area contributed by atoms with E-state index in [0.29, 0.717) is 22.7 Å². The summed E-state index contributed by atoms with van der Waals surface area (Å²) in [5.41, 5.74) is 1.02. The molecule has 0 saturated carbocycles. The van der Waals surface area contributed by atoms with E-state index in [-0.39, 0.29) is 27.1 Å². The first-order valence-corrected chi connectivity index (χ1v) is 8.00. The predicted octanol–water partition coefficient (Wildman–Crippen LogP) is 4.30.